The van der Waals surface area contributed by atoms with Gasteiger partial charge in [-0.15, -0.1) is 0 Å². The summed E-state index contributed by atoms with van der Waals surface area (Å²) >= 11 is 3.53. The van der Waals surface area contributed by atoms with Crippen molar-refractivity contribution in [3.63, 3.8) is 0 Å². The molecule has 1 N–H and O–H groups in total. The molecular weight excluding hydrogens is 384 g/mol. The minimum atomic E-state index is -0.775. The van der Waals surface area contributed by atoms with E-state index in [1.807, 2.05) is 30.3 Å². The topological polar surface area (TPSA) is 62.7 Å². The Morgan fingerprint density at radius 3 is 2.92 bits per heavy atom. The lowest BCUT2D eigenvalue weighted by atomic mass is 9.92. The highest BCUT2D eigenvalue weighted by Gasteiger charge is 2.36. The first-order valence-electron chi connectivity index (χ1n) is 8.33. The number of carboxylic acids is 1. The lowest BCUT2D eigenvalue weighted by molar-refractivity contribution is -0.145. The summed E-state index contributed by atoms with van der Waals surface area (Å²) in [5.41, 5.74) is 1.91. The SMILES string of the molecule is COc1ccc(Br)cc1C(c1cccnc1)N1CCCCC1C(=O)O. The Balaban J connectivity index is 2.14. The van der Waals surface area contributed by atoms with Crippen molar-refractivity contribution in [2.24, 2.45) is 0 Å². The molecule has 0 aliphatic carbocycles. The van der Waals surface area contributed by atoms with E-state index in [1.54, 1.807) is 19.5 Å². The molecule has 2 heterocycles. The molecule has 0 spiro atoms. The second kappa shape index (κ2) is 7.97. The highest BCUT2D eigenvalue weighted by Crippen LogP contribution is 2.39. The number of pyridine rings is 1. The van der Waals surface area contributed by atoms with Crippen LogP contribution in [0.4, 0.5) is 0 Å². The zero-order chi connectivity index (χ0) is 17.8. The maximum Gasteiger partial charge on any atom is 0.320 e. The van der Waals surface area contributed by atoms with Gasteiger partial charge >= 0.3 is 5.97 Å². The molecule has 2 unspecified atom stereocenters. The first-order chi connectivity index (χ1) is 12.1. The van der Waals surface area contributed by atoms with Crippen molar-refractivity contribution in [2.45, 2.75) is 31.3 Å². The molecule has 132 valence electrons. The monoisotopic (exact) mass is 404 g/mol. The van der Waals surface area contributed by atoms with Gasteiger partial charge in [-0.05, 0) is 49.2 Å². The second-order valence-electron chi connectivity index (χ2n) is 6.16. The molecule has 0 amide bonds. The number of benzene rings is 1. The molecule has 0 radical (unpaired) electrons. The number of methoxy groups -OCH3 is 1. The number of hydrogen-bond donors (Lipinski definition) is 1. The molecule has 2 aromatic rings. The number of aliphatic carboxylic acids is 1. The maximum absolute atomic E-state index is 11.9. The third-order valence-electron chi connectivity index (χ3n) is 4.65. The van der Waals surface area contributed by atoms with Crippen molar-refractivity contribution in [1.29, 1.82) is 0 Å². The van der Waals surface area contributed by atoms with Crippen molar-refractivity contribution < 1.29 is 14.6 Å². The Morgan fingerprint density at radius 2 is 2.24 bits per heavy atom. The summed E-state index contributed by atoms with van der Waals surface area (Å²) < 4.78 is 6.51. The summed E-state index contributed by atoms with van der Waals surface area (Å²) in [4.78, 5) is 18.2. The molecule has 1 aliphatic heterocycles. The van der Waals surface area contributed by atoms with E-state index >= 15 is 0 Å². The van der Waals surface area contributed by atoms with Crippen LogP contribution in [-0.2, 0) is 4.79 Å². The van der Waals surface area contributed by atoms with Gasteiger partial charge in [0.05, 0.1) is 13.2 Å². The number of piperidine rings is 1. The number of aromatic nitrogens is 1. The van der Waals surface area contributed by atoms with E-state index in [4.69, 9.17) is 4.74 Å². The summed E-state index contributed by atoms with van der Waals surface area (Å²) in [6.45, 7) is 0.728. The van der Waals surface area contributed by atoms with Gasteiger partial charge in [0.15, 0.2) is 0 Å². The average Bonchev–Trinajstić information content (AvgIpc) is 2.63. The fourth-order valence-corrected chi connectivity index (χ4v) is 3.91. The van der Waals surface area contributed by atoms with E-state index < -0.39 is 12.0 Å². The number of nitrogens with zero attached hydrogens (tertiary/aromatic N) is 2. The van der Waals surface area contributed by atoms with Crippen molar-refractivity contribution >= 4 is 21.9 Å². The van der Waals surface area contributed by atoms with Gasteiger partial charge in [-0.2, -0.15) is 0 Å². The lowest BCUT2D eigenvalue weighted by Crippen LogP contribution is -2.47. The molecule has 5 nitrogen and oxygen atoms in total. The van der Waals surface area contributed by atoms with E-state index in [-0.39, 0.29) is 6.04 Å². The first kappa shape index (κ1) is 17.9. The van der Waals surface area contributed by atoms with Gasteiger partial charge in [0, 0.05) is 22.4 Å². The van der Waals surface area contributed by atoms with Crippen LogP contribution in [0.3, 0.4) is 0 Å². The molecule has 1 saturated heterocycles. The molecule has 0 saturated carbocycles. The van der Waals surface area contributed by atoms with Crippen LogP contribution in [0.1, 0.15) is 36.4 Å². The fraction of sp³-hybridized carbons (Fsp3) is 0.368. The van der Waals surface area contributed by atoms with Crippen molar-refractivity contribution in [3.8, 4) is 5.75 Å². The van der Waals surface area contributed by atoms with E-state index in [2.05, 4.69) is 25.8 Å². The zero-order valence-electron chi connectivity index (χ0n) is 14.1. The van der Waals surface area contributed by atoms with Gasteiger partial charge in [0.2, 0.25) is 0 Å². The summed E-state index contributed by atoms with van der Waals surface area (Å²) in [5.74, 6) is -0.0330. The van der Waals surface area contributed by atoms with Crippen LogP contribution in [0.15, 0.2) is 47.2 Å². The van der Waals surface area contributed by atoms with E-state index in [0.29, 0.717) is 6.42 Å². The molecule has 1 aromatic heterocycles. The van der Waals surface area contributed by atoms with Gasteiger partial charge in [0.25, 0.3) is 0 Å². The second-order valence-corrected chi connectivity index (χ2v) is 7.08. The maximum atomic E-state index is 11.9. The lowest BCUT2D eigenvalue weighted by Gasteiger charge is -2.39. The minimum absolute atomic E-state index is 0.220. The Labute approximate surface area is 155 Å². The number of rotatable bonds is 5. The first-order valence-corrected chi connectivity index (χ1v) is 9.13. The standard InChI is InChI=1S/C19H21BrN2O3/c1-25-17-8-7-14(20)11-15(17)18(13-5-4-9-21-12-13)22-10-3-2-6-16(22)19(23)24/h4-5,7-9,11-12,16,18H,2-3,6,10H2,1H3,(H,23,24). The largest absolute Gasteiger partial charge is 0.496 e. The van der Waals surface area contributed by atoms with Crippen LogP contribution in [0.2, 0.25) is 0 Å². The molecular formula is C19H21BrN2O3. The van der Waals surface area contributed by atoms with E-state index in [1.165, 1.54) is 0 Å². The zero-order valence-corrected chi connectivity index (χ0v) is 15.6. The molecule has 3 rings (SSSR count). The molecule has 0 bridgehead atoms. The van der Waals surface area contributed by atoms with Gasteiger partial charge in [-0.3, -0.25) is 14.7 Å². The number of hydrogen-bond acceptors (Lipinski definition) is 4. The molecule has 6 heteroatoms. The Bertz CT molecular complexity index is 739. The Hall–Kier alpha value is -1.92. The van der Waals surface area contributed by atoms with E-state index in [9.17, 15) is 9.90 Å². The molecule has 1 fully saturated rings. The van der Waals surface area contributed by atoms with Crippen LogP contribution >= 0.6 is 15.9 Å². The highest BCUT2D eigenvalue weighted by atomic mass is 79.9. The smallest absolute Gasteiger partial charge is 0.320 e. The summed E-state index contributed by atoms with van der Waals surface area (Å²) in [5, 5.41) is 9.73. The van der Waals surface area contributed by atoms with Crippen LogP contribution in [0.25, 0.3) is 0 Å². The van der Waals surface area contributed by atoms with Crippen LogP contribution in [-0.4, -0.2) is 40.7 Å². The van der Waals surface area contributed by atoms with Crippen molar-refractivity contribution in [2.75, 3.05) is 13.7 Å². The number of carboxylic acid groups (broad SMARTS) is 1. The number of halogens is 1. The normalized spacial score (nSPS) is 19.4. The van der Waals surface area contributed by atoms with Crippen LogP contribution < -0.4 is 4.74 Å². The van der Waals surface area contributed by atoms with Gasteiger partial charge < -0.3 is 9.84 Å². The van der Waals surface area contributed by atoms with Gasteiger partial charge in [-0.1, -0.05) is 28.4 Å². The quantitative estimate of drug-likeness (QED) is 0.818. The van der Waals surface area contributed by atoms with Crippen LogP contribution in [0.5, 0.6) is 5.75 Å². The summed E-state index contributed by atoms with van der Waals surface area (Å²) in [6, 6.07) is 8.98. The molecule has 1 aliphatic rings. The van der Waals surface area contributed by atoms with Gasteiger partial charge in [0.1, 0.15) is 11.8 Å². The summed E-state index contributed by atoms with van der Waals surface area (Å²) in [6.07, 6.45) is 6.10. The Morgan fingerprint density at radius 1 is 1.40 bits per heavy atom. The van der Waals surface area contributed by atoms with E-state index in [0.717, 1.165) is 40.7 Å². The third kappa shape index (κ3) is 3.85. The summed E-state index contributed by atoms with van der Waals surface area (Å²) in [7, 11) is 1.64. The minimum Gasteiger partial charge on any atom is -0.496 e. The Kier molecular flexibility index (Phi) is 5.71. The van der Waals surface area contributed by atoms with Crippen molar-refractivity contribution in [3.05, 3.63) is 58.3 Å². The molecule has 1 aromatic carbocycles. The van der Waals surface area contributed by atoms with Crippen LogP contribution in [0, 0.1) is 0 Å². The number of ether oxygens (including phenoxy) is 1. The highest BCUT2D eigenvalue weighted by molar-refractivity contribution is 9.10. The number of likely N-dealkylation sites (tertiary alicyclic amines) is 1. The van der Waals surface area contributed by atoms with Gasteiger partial charge in [-0.25, -0.2) is 0 Å². The average molecular weight is 405 g/mol. The van der Waals surface area contributed by atoms with Crippen molar-refractivity contribution in [1.82, 2.24) is 9.88 Å². The number of carbonyl (C=O) groups is 1. The fourth-order valence-electron chi connectivity index (χ4n) is 3.53. The predicted molar refractivity (Wildman–Crippen MR) is 98.8 cm³/mol. The molecule has 25 heavy (non-hydrogen) atoms. The molecule has 2 atom stereocenters. The predicted octanol–water partition coefficient (Wildman–Crippen LogP) is 3.88. The third-order valence-corrected chi connectivity index (χ3v) is 5.14.